The number of methoxy groups -OCH3 is 1. The number of aromatic nitrogens is 1. The van der Waals surface area contributed by atoms with Gasteiger partial charge in [-0.3, -0.25) is 9.69 Å². The van der Waals surface area contributed by atoms with Crippen molar-refractivity contribution in [3.63, 3.8) is 0 Å². The number of likely N-dealkylation sites (tertiary alicyclic amines) is 1. The number of hydrogen-bond donors (Lipinski definition) is 0. The molecule has 1 aliphatic heterocycles. The Morgan fingerprint density at radius 2 is 2.18 bits per heavy atom. The summed E-state index contributed by atoms with van der Waals surface area (Å²) in [5, 5.41) is 1.03. The molecule has 1 fully saturated rings. The largest absolute Gasteiger partial charge is 0.378 e. The van der Waals surface area contributed by atoms with Crippen LogP contribution in [0.15, 0.2) is 0 Å². The molecule has 0 aromatic carbocycles. The lowest BCUT2D eigenvalue weighted by molar-refractivity contribution is 0.101. The lowest BCUT2D eigenvalue weighted by Gasteiger charge is -2.11. The highest BCUT2D eigenvalue weighted by Gasteiger charge is 2.18. The van der Waals surface area contributed by atoms with E-state index in [9.17, 15) is 4.79 Å². The second-order valence-corrected chi connectivity index (χ2v) is 5.44. The van der Waals surface area contributed by atoms with Gasteiger partial charge in [-0.25, -0.2) is 4.98 Å². The van der Waals surface area contributed by atoms with Gasteiger partial charge in [0.2, 0.25) is 0 Å². The van der Waals surface area contributed by atoms with Crippen molar-refractivity contribution in [2.45, 2.75) is 32.9 Å². The Morgan fingerprint density at radius 3 is 2.76 bits per heavy atom. The third kappa shape index (κ3) is 3.12. The van der Waals surface area contributed by atoms with E-state index in [2.05, 4.69) is 9.88 Å². The molecular formula is C12H18N2O2S. The zero-order chi connectivity index (χ0) is 12.3. The van der Waals surface area contributed by atoms with E-state index in [1.165, 1.54) is 24.2 Å². The van der Waals surface area contributed by atoms with Gasteiger partial charge in [-0.15, -0.1) is 11.3 Å². The van der Waals surface area contributed by atoms with Crippen LogP contribution in [0.2, 0.25) is 0 Å². The number of Topliss-reactive ketones (excluding diaryl/α,β-unsaturated/α-hetero) is 1. The minimum Gasteiger partial charge on any atom is -0.378 e. The van der Waals surface area contributed by atoms with E-state index in [0.29, 0.717) is 6.61 Å². The first-order valence-corrected chi connectivity index (χ1v) is 6.73. The first-order valence-electron chi connectivity index (χ1n) is 5.91. The minimum atomic E-state index is 0.0854. The summed E-state index contributed by atoms with van der Waals surface area (Å²) < 4.78 is 5.08. The molecule has 0 N–H and O–H groups in total. The molecule has 0 unspecified atom stereocenters. The normalized spacial score (nSPS) is 16.6. The number of hydrogen-bond acceptors (Lipinski definition) is 5. The number of thiazole rings is 1. The van der Waals surface area contributed by atoms with E-state index in [-0.39, 0.29) is 5.78 Å². The lowest BCUT2D eigenvalue weighted by Crippen LogP contribution is -2.18. The Bertz CT molecular complexity index is 397. The zero-order valence-corrected chi connectivity index (χ0v) is 11.2. The molecule has 2 heterocycles. The van der Waals surface area contributed by atoms with E-state index < -0.39 is 0 Å². The highest BCUT2D eigenvalue weighted by Crippen LogP contribution is 2.22. The summed E-state index contributed by atoms with van der Waals surface area (Å²) in [6, 6.07) is 0. The Labute approximate surface area is 106 Å². The third-order valence-corrected chi connectivity index (χ3v) is 4.08. The maximum atomic E-state index is 11.5. The number of carbonyl (C=O) groups is 1. The van der Waals surface area contributed by atoms with Crippen molar-refractivity contribution in [3.05, 3.63) is 15.6 Å². The number of nitrogens with zero attached hydrogens (tertiary/aromatic N) is 2. The molecule has 5 heteroatoms. The summed E-state index contributed by atoms with van der Waals surface area (Å²) in [7, 11) is 1.63. The first kappa shape index (κ1) is 12.7. The summed E-state index contributed by atoms with van der Waals surface area (Å²) in [6.45, 7) is 5.18. The van der Waals surface area contributed by atoms with Gasteiger partial charge >= 0.3 is 0 Å². The van der Waals surface area contributed by atoms with E-state index >= 15 is 0 Å². The molecule has 4 nitrogen and oxygen atoms in total. The fraction of sp³-hybridized carbons (Fsp3) is 0.667. The molecule has 1 aromatic rings. The van der Waals surface area contributed by atoms with Crippen LogP contribution >= 0.6 is 11.3 Å². The summed E-state index contributed by atoms with van der Waals surface area (Å²) >= 11 is 1.51. The summed E-state index contributed by atoms with van der Waals surface area (Å²) in [4.78, 5) is 19.1. The molecule has 0 saturated carbocycles. The van der Waals surface area contributed by atoms with Gasteiger partial charge in [-0.2, -0.15) is 0 Å². The fourth-order valence-electron chi connectivity index (χ4n) is 2.11. The molecule has 2 rings (SSSR count). The summed E-state index contributed by atoms with van der Waals surface area (Å²) in [5.41, 5.74) is 0.791. The van der Waals surface area contributed by atoms with Gasteiger partial charge in [-0.05, 0) is 25.9 Å². The summed E-state index contributed by atoms with van der Waals surface area (Å²) in [5.74, 6) is 0.0854. The second kappa shape index (κ2) is 5.71. The Hall–Kier alpha value is -0.780. The van der Waals surface area contributed by atoms with Crippen LogP contribution in [0.4, 0.5) is 0 Å². The van der Waals surface area contributed by atoms with Gasteiger partial charge in [0.25, 0.3) is 0 Å². The van der Waals surface area contributed by atoms with Gasteiger partial charge < -0.3 is 4.74 Å². The van der Waals surface area contributed by atoms with Gasteiger partial charge in [-0.1, -0.05) is 0 Å². The maximum Gasteiger partial charge on any atom is 0.171 e. The zero-order valence-electron chi connectivity index (χ0n) is 10.4. The van der Waals surface area contributed by atoms with E-state index in [1.54, 1.807) is 14.0 Å². The van der Waals surface area contributed by atoms with E-state index in [4.69, 9.17) is 4.74 Å². The molecule has 1 saturated heterocycles. The number of rotatable bonds is 5. The molecule has 0 atom stereocenters. The first-order chi connectivity index (χ1) is 8.20. The number of ketones is 1. The molecular weight excluding hydrogens is 236 g/mol. The highest BCUT2D eigenvalue weighted by atomic mass is 32.1. The smallest absolute Gasteiger partial charge is 0.171 e. The molecule has 1 aromatic heterocycles. The monoisotopic (exact) mass is 254 g/mol. The maximum absolute atomic E-state index is 11.5. The van der Waals surface area contributed by atoms with Crippen LogP contribution in [-0.2, 0) is 17.9 Å². The Kier molecular flexibility index (Phi) is 4.25. The molecule has 17 heavy (non-hydrogen) atoms. The van der Waals surface area contributed by atoms with Gasteiger partial charge in [0, 0.05) is 14.0 Å². The van der Waals surface area contributed by atoms with Crippen molar-refractivity contribution in [1.29, 1.82) is 0 Å². The van der Waals surface area contributed by atoms with Crippen LogP contribution in [0.5, 0.6) is 0 Å². The van der Waals surface area contributed by atoms with Crippen molar-refractivity contribution >= 4 is 17.1 Å². The standard InChI is InChI=1S/C12H18N2O2S/c1-9(15)12-10(8-16-2)13-11(17-12)7-14-5-3-4-6-14/h3-8H2,1-2H3. The van der Waals surface area contributed by atoms with Crippen LogP contribution in [-0.4, -0.2) is 35.9 Å². The second-order valence-electron chi connectivity index (χ2n) is 4.36. The molecule has 0 bridgehead atoms. The van der Waals surface area contributed by atoms with Crippen LogP contribution in [0.3, 0.4) is 0 Å². The highest BCUT2D eigenvalue weighted by molar-refractivity contribution is 7.13. The van der Waals surface area contributed by atoms with Crippen LogP contribution in [0.25, 0.3) is 0 Å². The Morgan fingerprint density at radius 1 is 1.47 bits per heavy atom. The van der Waals surface area contributed by atoms with Gasteiger partial charge in [0.1, 0.15) is 5.01 Å². The SMILES string of the molecule is COCc1nc(CN2CCCC2)sc1C(C)=O. The molecule has 0 radical (unpaired) electrons. The van der Waals surface area contributed by atoms with Crippen molar-refractivity contribution < 1.29 is 9.53 Å². The third-order valence-electron chi connectivity index (χ3n) is 2.90. The minimum absolute atomic E-state index is 0.0854. The summed E-state index contributed by atoms with van der Waals surface area (Å²) in [6.07, 6.45) is 2.55. The van der Waals surface area contributed by atoms with Crippen molar-refractivity contribution in [1.82, 2.24) is 9.88 Å². The van der Waals surface area contributed by atoms with Crippen LogP contribution < -0.4 is 0 Å². The quantitative estimate of drug-likeness (QED) is 0.755. The molecule has 0 amide bonds. The molecule has 94 valence electrons. The predicted octanol–water partition coefficient (Wildman–Crippen LogP) is 2.09. The molecule has 1 aliphatic rings. The van der Waals surface area contributed by atoms with Crippen molar-refractivity contribution in [2.24, 2.45) is 0 Å². The van der Waals surface area contributed by atoms with E-state index in [0.717, 1.165) is 35.2 Å². The molecule has 0 spiro atoms. The van der Waals surface area contributed by atoms with Crippen molar-refractivity contribution in [2.75, 3.05) is 20.2 Å². The topological polar surface area (TPSA) is 42.4 Å². The lowest BCUT2D eigenvalue weighted by atomic mass is 10.3. The molecule has 0 aliphatic carbocycles. The average molecular weight is 254 g/mol. The fourth-order valence-corrected chi connectivity index (χ4v) is 3.11. The number of carbonyl (C=O) groups excluding carboxylic acids is 1. The van der Waals surface area contributed by atoms with E-state index in [1.807, 2.05) is 0 Å². The van der Waals surface area contributed by atoms with Crippen LogP contribution in [0.1, 0.15) is 40.1 Å². The predicted molar refractivity (Wildman–Crippen MR) is 67.3 cm³/mol. The van der Waals surface area contributed by atoms with Gasteiger partial charge in [0.15, 0.2) is 5.78 Å². The van der Waals surface area contributed by atoms with Crippen molar-refractivity contribution in [3.8, 4) is 0 Å². The Balaban J connectivity index is 2.11. The van der Waals surface area contributed by atoms with Gasteiger partial charge in [0.05, 0.1) is 23.7 Å². The number of ether oxygens (including phenoxy) is 1. The van der Waals surface area contributed by atoms with Crippen LogP contribution in [0, 0.1) is 0 Å². The average Bonchev–Trinajstić information content (AvgIpc) is 2.89.